The Balaban J connectivity index is 2.01. The molecule has 3 N–H and O–H groups in total. The first-order valence-electron chi connectivity index (χ1n) is 5.45. The molecule has 16 heavy (non-hydrogen) atoms. The van der Waals surface area contributed by atoms with E-state index < -0.39 is 0 Å². The van der Waals surface area contributed by atoms with Gasteiger partial charge in [0.1, 0.15) is 0 Å². The molecule has 1 amide bonds. The second-order valence-electron chi connectivity index (χ2n) is 3.92. The average Bonchev–Trinajstić information content (AvgIpc) is 2.62. The van der Waals surface area contributed by atoms with Crippen LogP contribution in [0.2, 0.25) is 0 Å². The Morgan fingerprint density at radius 2 is 2.31 bits per heavy atom. The first-order valence-corrected chi connectivity index (χ1v) is 5.45. The molecule has 2 rings (SSSR count). The number of anilines is 1. The zero-order chi connectivity index (χ0) is 11.5. The fourth-order valence-electron chi connectivity index (χ4n) is 1.49. The lowest BCUT2D eigenvalue weighted by atomic mass is 10.0. The van der Waals surface area contributed by atoms with E-state index in [0.29, 0.717) is 5.82 Å². The van der Waals surface area contributed by atoms with Crippen LogP contribution < -0.4 is 10.6 Å². The van der Waals surface area contributed by atoms with Crippen LogP contribution in [0.3, 0.4) is 0 Å². The smallest absolute Gasteiger partial charge is 0.252 e. The number of aryl methyl sites for hydroxylation is 1. The topological polar surface area (TPSA) is 69.8 Å². The highest BCUT2D eigenvalue weighted by molar-refractivity contribution is 6.03. The summed E-state index contributed by atoms with van der Waals surface area (Å²) in [5.74, 6) is 0.528. The highest BCUT2D eigenvalue weighted by Gasteiger charge is 2.16. The number of hydrogen-bond donors (Lipinski definition) is 3. The van der Waals surface area contributed by atoms with E-state index in [1.807, 2.05) is 19.9 Å². The van der Waals surface area contributed by atoms with Gasteiger partial charge in [0.15, 0.2) is 5.82 Å². The number of rotatable bonds is 3. The Hall–Kier alpha value is -1.62. The number of hydrogen-bond acceptors (Lipinski definition) is 3. The maximum atomic E-state index is 11.8. The van der Waals surface area contributed by atoms with E-state index in [-0.39, 0.29) is 5.91 Å². The molecule has 0 unspecified atom stereocenters. The molecule has 1 fully saturated rings. The van der Waals surface area contributed by atoms with Crippen LogP contribution in [0.4, 0.5) is 5.82 Å². The zero-order valence-corrected chi connectivity index (χ0v) is 9.55. The van der Waals surface area contributed by atoms with Gasteiger partial charge in [-0.3, -0.25) is 9.89 Å². The molecule has 1 saturated heterocycles. The summed E-state index contributed by atoms with van der Waals surface area (Å²) in [5, 5.41) is 12.8. The lowest BCUT2D eigenvalue weighted by molar-refractivity contribution is -0.112. The second-order valence-corrected chi connectivity index (χ2v) is 3.92. The second kappa shape index (κ2) is 4.49. The highest BCUT2D eigenvalue weighted by Crippen LogP contribution is 2.12. The van der Waals surface area contributed by atoms with Crippen molar-refractivity contribution in [1.29, 1.82) is 0 Å². The minimum Gasteiger partial charge on any atom is -0.309 e. The summed E-state index contributed by atoms with van der Waals surface area (Å²) in [7, 11) is 0. The summed E-state index contributed by atoms with van der Waals surface area (Å²) in [6.07, 6.45) is 0.882. The van der Waals surface area contributed by atoms with Crippen molar-refractivity contribution in [3.63, 3.8) is 0 Å². The maximum Gasteiger partial charge on any atom is 0.252 e. The van der Waals surface area contributed by atoms with Crippen molar-refractivity contribution in [3.8, 4) is 0 Å². The van der Waals surface area contributed by atoms with Gasteiger partial charge in [-0.2, -0.15) is 5.10 Å². The SMILES string of the molecule is CCc1cc(NC(=O)C(C)=C2CNC2)n[nH]1. The number of nitrogens with zero attached hydrogens (tertiary/aromatic N) is 1. The molecular weight excluding hydrogens is 204 g/mol. The fourth-order valence-corrected chi connectivity index (χ4v) is 1.49. The lowest BCUT2D eigenvalue weighted by Crippen LogP contribution is -2.36. The van der Waals surface area contributed by atoms with Crippen LogP contribution in [0.1, 0.15) is 19.5 Å². The third-order valence-electron chi connectivity index (χ3n) is 2.80. The van der Waals surface area contributed by atoms with Crippen LogP contribution >= 0.6 is 0 Å². The summed E-state index contributed by atoms with van der Waals surface area (Å²) in [5.41, 5.74) is 2.98. The van der Waals surface area contributed by atoms with Crippen molar-refractivity contribution in [1.82, 2.24) is 15.5 Å². The number of aromatic amines is 1. The standard InChI is InChI=1S/C11H16N4O/c1-3-9-4-10(15-14-9)13-11(16)7(2)8-5-12-6-8/h4,12H,3,5-6H2,1-2H3,(H2,13,14,15,16). The molecule has 1 aliphatic rings. The Morgan fingerprint density at radius 3 is 2.81 bits per heavy atom. The Morgan fingerprint density at radius 1 is 1.56 bits per heavy atom. The molecule has 0 spiro atoms. The number of carbonyl (C=O) groups excluding carboxylic acids is 1. The highest BCUT2D eigenvalue weighted by atomic mass is 16.1. The largest absolute Gasteiger partial charge is 0.309 e. The van der Waals surface area contributed by atoms with Crippen molar-refractivity contribution in [2.75, 3.05) is 18.4 Å². The van der Waals surface area contributed by atoms with Crippen LogP contribution in [0.15, 0.2) is 17.2 Å². The molecule has 0 bridgehead atoms. The third-order valence-corrected chi connectivity index (χ3v) is 2.80. The molecule has 0 radical (unpaired) electrons. The van der Waals surface area contributed by atoms with Crippen LogP contribution in [0, 0.1) is 0 Å². The van der Waals surface area contributed by atoms with E-state index in [1.165, 1.54) is 5.57 Å². The van der Waals surface area contributed by atoms with Crippen LogP contribution in [0.5, 0.6) is 0 Å². The zero-order valence-electron chi connectivity index (χ0n) is 9.55. The van der Waals surface area contributed by atoms with E-state index >= 15 is 0 Å². The summed E-state index contributed by atoms with van der Waals surface area (Å²) < 4.78 is 0. The summed E-state index contributed by atoms with van der Waals surface area (Å²) in [6, 6.07) is 1.86. The molecule has 5 heteroatoms. The Bertz CT molecular complexity index is 427. The van der Waals surface area contributed by atoms with Gasteiger partial charge in [-0.05, 0) is 18.9 Å². The molecule has 2 heterocycles. The van der Waals surface area contributed by atoms with Gasteiger partial charge in [-0.15, -0.1) is 0 Å². The van der Waals surface area contributed by atoms with E-state index in [9.17, 15) is 4.79 Å². The predicted octanol–water partition coefficient (Wildman–Crippen LogP) is 0.830. The van der Waals surface area contributed by atoms with Crippen LogP contribution in [-0.4, -0.2) is 29.2 Å². The van der Waals surface area contributed by atoms with Crippen molar-refractivity contribution in [3.05, 3.63) is 22.9 Å². The molecule has 1 aromatic rings. The van der Waals surface area contributed by atoms with E-state index in [0.717, 1.165) is 30.8 Å². The van der Waals surface area contributed by atoms with E-state index in [1.54, 1.807) is 0 Å². The molecule has 0 atom stereocenters. The first kappa shape index (κ1) is 10.9. The first-order chi connectivity index (χ1) is 7.70. The van der Waals surface area contributed by atoms with Crippen LogP contribution in [0.25, 0.3) is 0 Å². The van der Waals surface area contributed by atoms with Gasteiger partial charge in [0.05, 0.1) is 0 Å². The molecule has 0 aliphatic carbocycles. The number of H-pyrrole nitrogens is 1. The molecular formula is C11H16N4O. The summed E-state index contributed by atoms with van der Waals surface area (Å²) >= 11 is 0. The molecule has 0 saturated carbocycles. The number of aromatic nitrogens is 2. The number of nitrogens with one attached hydrogen (secondary N) is 3. The van der Waals surface area contributed by atoms with Gasteiger partial charge in [0.25, 0.3) is 5.91 Å². The fraction of sp³-hybridized carbons (Fsp3) is 0.455. The molecule has 86 valence electrons. The van der Waals surface area contributed by atoms with Gasteiger partial charge in [0.2, 0.25) is 0 Å². The maximum absolute atomic E-state index is 11.8. The molecule has 1 aromatic heterocycles. The lowest BCUT2D eigenvalue weighted by Gasteiger charge is -2.21. The monoisotopic (exact) mass is 220 g/mol. The summed E-state index contributed by atoms with van der Waals surface area (Å²) in [4.78, 5) is 11.8. The minimum atomic E-state index is -0.0642. The minimum absolute atomic E-state index is 0.0642. The van der Waals surface area contributed by atoms with Crippen molar-refractivity contribution < 1.29 is 4.79 Å². The normalized spacial score (nSPS) is 14.5. The predicted molar refractivity (Wildman–Crippen MR) is 62.2 cm³/mol. The van der Waals surface area contributed by atoms with E-state index in [4.69, 9.17) is 0 Å². The molecule has 5 nitrogen and oxygen atoms in total. The third kappa shape index (κ3) is 2.14. The van der Waals surface area contributed by atoms with Gasteiger partial charge >= 0.3 is 0 Å². The van der Waals surface area contributed by atoms with Crippen molar-refractivity contribution >= 4 is 11.7 Å². The summed E-state index contributed by atoms with van der Waals surface area (Å²) in [6.45, 7) is 5.52. The van der Waals surface area contributed by atoms with Gasteiger partial charge in [-0.1, -0.05) is 6.92 Å². The van der Waals surface area contributed by atoms with Crippen molar-refractivity contribution in [2.45, 2.75) is 20.3 Å². The molecule has 0 aromatic carbocycles. The van der Waals surface area contributed by atoms with Gasteiger partial charge in [0, 0.05) is 30.4 Å². The Labute approximate surface area is 94.3 Å². The van der Waals surface area contributed by atoms with E-state index in [2.05, 4.69) is 20.8 Å². The number of carbonyl (C=O) groups is 1. The van der Waals surface area contributed by atoms with Gasteiger partial charge < -0.3 is 10.6 Å². The van der Waals surface area contributed by atoms with Crippen LogP contribution in [-0.2, 0) is 11.2 Å². The van der Waals surface area contributed by atoms with Gasteiger partial charge in [-0.25, -0.2) is 0 Å². The number of amides is 1. The van der Waals surface area contributed by atoms with Crippen molar-refractivity contribution in [2.24, 2.45) is 0 Å². The quantitative estimate of drug-likeness (QED) is 0.661. The average molecular weight is 220 g/mol. The molecule has 1 aliphatic heterocycles. The Kier molecular flexibility index (Phi) is 3.05.